The molecule has 0 spiro atoms. The molecule has 0 aromatic carbocycles. The van der Waals surface area contributed by atoms with E-state index in [2.05, 4.69) is 31.7 Å². The van der Waals surface area contributed by atoms with Gasteiger partial charge in [-0.25, -0.2) is 9.97 Å². The molecule has 0 aliphatic heterocycles. The molecule has 0 atom stereocenters. The Morgan fingerprint density at radius 3 is 2.81 bits per heavy atom. The van der Waals surface area contributed by atoms with Crippen LogP contribution in [-0.4, -0.2) is 34.1 Å². The minimum Gasteiger partial charge on any atom is -0.356 e. The van der Waals surface area contributed by atoms with Crippen LogP contribution >= 0.6 is 0 Å². The van der Waals surface area contributed by atoms with Gasteiger partial charge < -0.3 is 10.6 Å². The van der Waals surface area contributed by atoms with Crippen molar-refractivity contribution in [2.45, 2.75) is 51.5 Å². The molecule has 1 fully saturated rings. The van der Waals surface area contributed by atoms with Crippen molar-refractivity contribution in [3.05, 3.63) is 42.6 Å². The largest absolute Gasteiger partial charge is 0.356 e. The highest BCUT2D eigenvalue weighted by atomic mass is 15.2. The Labute approximate surface area is 156 Å². The Kier molecular flexibility index (Phi) is 7.05. The topological polar surface area (TPSA) is 67.1 Å². The summed E-state index contributed by atoms with van der Waals surface area (Å²) in [6.07, 6.45) is 17.0. The van der Waals surface area contributed by atoms with Crippen molar-refractivity contribution in [3.8, 4) is 5.82 Å². The van der Waals surface area contributed by atoms with Crippen molar-refractivity contribution >= 4 is 5.96 Å². The molecule has 1 saturated carbocycles. The normalized spacial score (nSPS) is 15.3. The van der Waals surface area contributed by atoms with Gasteiger partial charge in [0.2, 0.25) is 0 Å². The van der Waals surface area contributed by atoms with Gasteiger partial charge in [0, 0.05) is 38.7 Å². The maximum Gasteiger partial charge on any atom is 0.191 e. The van der Waals surface area contributed by atoms with Crippen LogP contribution in [0.5, 0.6) is 0 Å². The first-order chi connectivity index (χ1) is 12.8. The van der Waals surface area contributed by atoms with Crippen LogP contribution in [0, 0.1) is 5.92 Å². The lowest BCUT2D eigenvalue weighted by Crippen LogP contribution is -2.37. The van der Waals surface area contributed by atoms with Crippen LogP contribution in [0.4, 0.5) is 0 Å². The molecule has 0 radical (unpaired) electrons. The Bertz CT molecular complexity index is 656. The van der Waals surface area contributed by atoms with E-state index >= 15 is 0 Å². The highest BCUT2D eigenvalue weighted by Crippen LogP contribution is 2.28. The second kappa shape index (κ2) is 9.94. The summed E-state index contributed by atoms with van der Waals surface area (Å²) < 4.78 is 1.89. The van der Waals surface area contributed by atoms with E-state index in [1.165, 1.54) is 44.9 Å². The first-order valence-corrected chi connectivity index (χ1v) is 9.73. The molecule has 6 heteroatoms. The summed E-state index contributed by atoms with van der Waals surface area (Å²) in [6.45, 7) is 1.68. The van der Waals surface area contributed by atoms with Crippen LogP contribution < -0.4 is 10.6 Å². The molecule has 2 N–H and O–H groups in total. The number of hydrogen-bond donors (Lipinski definition) is 2. The molecular weight excluding hydrogens is 324 g/mol. The summed E-state index contributed by atoms with van der Waals surface area (Å²) in [7, 11) is 1.81. The van der Waals surface area contributed by atoms with Gasteiger partial charge >= 0.3 is 0 Å². The minimum atomic E-state index is 0.707. The smallest absolute Gasteiger partial charge is 0.191 e. The van der Waals surface area contributed by atoms with Crippen molar-refractivity contribution in [2.75, 3.05) is 13.6 Å². The van der Waals surface area contributed by atoms with E-state index in [1.54, 1.807) is 12.5 Å². The van der Waals surface area contributed by atoms with Crippen molar-refractivity contribution in [1.82, 2.24) is 25.2 Å². The Balaban J connectivity index is 1.34. The number of rotatable bonds is 8. The monoisotopic (exact) mass is 354 g/mol. The maximum atomic E-state index is 4.47. The number of imidazole rings is 1. The van der Waals surface area contributed by atoms with Gasteiger partial charge in [0.05, 0.1) is 0 Å². The fourth-order valence-electron chi connectivity index (χ4n) is 3.54. The summed E-state index contributed by atoms with van der Waals surface area (Å²) in [5.41, 5.74) is 1.12. The lowest BCUT2D eigenvalue weighted by atomic mass is 10.0. The van der Waals surface area contributed by atoms with E-state index < -0.39 is 0 Å². The lowest BCUT2D eigenvalue weighted by Gasteiger charge is -2.13. The third kappa shape index (κ3) is 5.58. The predicted octanol–water partition coefficient (Wildman–Crippen LogP) is 3.29. The summed E-state index contributed by atoms with van der Waals surface area (Å²) in [4.78, 5) is 12.8. The van der Waals surface area contributed by atoms with Gasteiger partial charge in [-0.3, -0.25) is 9.56 Å². The molecule has 0 amide bonds. The van der Waals surface area contributed by atoms with Gasteiger partial charge in [-0.1, -0.05) is 44.6 Å². The molecule has 2 aromatic rings. The Morgan fingerprint density at radius 2 is 2.12 bits per heavy atom. The third-order valence-corrected chi connectivity index (χ3v) is 5.07. The molecule has 26 heavy (non-hydrogen) atoms. The van der Waals surface area contributed by atoms with Crippen molar-refractivity contribution in [3.63, 3.8) is 0 Å². The zero-order chi connectivity index (χ0) is 18.0. The zero-order valence-electron chi connectivity index (χ0n) is 15.7. The third-order valence-electron chi connectivity index (χ3n) is 5.07. The van der Waals surface area contributed by atoms with Gasteiger partial charge in [0.15, 0.2) is 5.96 Å². The molecule has 6 nitrogen and oxygen atoms in total. The Morgan fingerprint density at radius 1 is 1.23 bits per heavy atom. The zero-order valence-corrected chi connectivity index (χ0v) is 15.7. The second-order valence-electron chi connectivity index (χ2n) is 6.99. The second-order valence-corrected chi connectivity index (χ2v) is 6.99. The van der Waals surface area contributed by atoms with Gasteiger partial charge in [0.25, 0.3) is 0 Å². The number of unbranched alkanes of at least 4 members (excludes halogenated alkanes) is 1. The van der Waals surface area contributed by atoms with Gasteiger partial charge in [-0.05, 0) is 24.0 Å². The molecule has 140 valence electrons. The van der Waals surface area contributed by atoms with E-state index in [4.69, 9.17) is 0 Å². The van der Waals surface area contributed by atoms with Crippen molar-refractivity contribution in [2.24, 2.45) is 10.9 Å². The number of aliphatic imine (C=N–C) groups is 1. The van der Waals surface area contributed by atoms with Gasteiger partial charge in [0.1, 0.15) is 12.1 Å². The van der Waals surface area contributed by atoms with Crippen LogP contribution in [0.1, 0.15) is 50.5 Å². The van der Waals surface area contributed by atoms with Crippen LogP contribution in [0.15, 0.2) is 42.0 Å². The molecule has 3 rings (SSSR count). The summed E-state index contributed by atoms with van der Waals surface area (Å²) in [5, 5.41) is 6.76. The molecule has 2 aromatic heterocycles. The Hall–Kier alpha value is -2.37. The highest BCUT2D eigenvalue weighted by Gasteiger charge is 2.13. The molecule has 0 unspecified atom stereocenters. The van der Waals surface area contributed by atoms with Crippen molar-refractivity contribution < 1.29 is 0 Å². The van der Waals surface area contributed by atoms with Crippen LogP contribution in [-0.2, 0) is 6.54 Å². The fraction of sp³-hybridized carbons (Fsp3) is 0.550. The first-order valence-electron chi connectivity index (χ1n) is 9.73. The average Bonchev–Trinajstić information content (AvgIpc) is 3.38. The molecule has 1 aliphatic rings. The molecule has 0 saturated heterocycles. The lowest BCUT2D eigenvalue weighted by molar-refractivity contribution is 0.472. The first kappa shape index (κ1) is 18.4. The molecule has 0 bridgehead atoms. The molecule has 2 heterocycles. The van der Waals surface area contributed by atoms with Crippen molar-refractivity contribution in [1.29, 1.82) is 0 Å². The average molecular weight is 355 g/mol. The quantitative estimate of drug-likeness (QED) is 0.434. The summed E-state index contributed by atoms with van der Waals surface area (Å²) in [5.74, 6) is 2.71. The number of aromatic nitrogens is 3. The fourth-order valence-corrected chi connectivity index (χ4v) is 3.54. The number of nitrogens with zero attached hydrogens (tertiary/aromatic N) is 4. The number of pyridine rings is 1. The standard InChI is InChI=1S/C20H30N6/c1-21-20(23-11-5-4-8-17-6-2-3-7-17)25-15-18-9-10-19(24-14-18)26-13-12-22-16-26/h9-10,12-14,16-17H,2-8,11,15H2,1H3,(H2,21,23,25). The van der Waals surface area contributed by atoms with Crippen LogP contribution in [0.25, 0.3) is 5.82 Å². The molecule has 1 aliphatic carbocycles. The van der Waals surface area contributed by atoms with E-state index in [-0.39, 0.29) is 0 Å². The number of hydrogen-bond acceptors (Lipinski definition) is 3. The van der Waals surface area contributed by atoms with E-state index in [0.29, 0.717) is 6.54 Å². The highest BCUT2D eigenvalue weighted by molar-refractivity contribution is 5.79. The van der Waals surface area contributed by atoms with Crippen LogP contribution in [0.2, 0.25) is 0 Å². The summed E-state index contributed by atoms with van der Waals surface area (Å²) in [6, 6.07) is 4.07. The predicted molar refractivity (Wildman–Crippen MR) is 105 cm³/mol. The van der Waals surface area contributed by atoms with E-state index in [1.807, 2.05) is 30.1 Å². The number of nitrogens with one attached hydrogen (secondary N) is 2. The maximum absolute atomic E-state index is 4.47. The van der Waals surface area contributed by atoms with Gasteiger partial charge in [-0.15, -0.1) is 0 Å². The van der Waals surface area contributed by atoms with E-state index in [9.17, 15) is 0 Å². The SMILES string of the molecule is CN=C(NCCCCC1CCCC1)NCc1ccc(-n2ccnc2)nc1. The van der Waals surface area contributed by atoms with Gasteiger partial charge in [-0.2, -0.15) is 0 Å². The van der Waals surface area contributed by atoms with E-state index in [0.717, 1.165) is 29.8 Å². The summed E-state index contributed by atoms with van der Waals surface area (Å²) >= 11 is 0. The minimum absolute atomic E-state index is 0.707. The van der Waals surface area contributed by atoms with Crippen LogP contribution in [0.3, 0.4) is 0 Å². The molecular formula is C20H30N6. The number of guanidine groups is 1.